The van der Waals surface area contributed by atoms with Gasteiger partial charge < -0.3 is 15.0 Å². The third-order valence-corrected chi connectivity index (χ3v) is 3.34. The molecule has 0 amide bonds. The van der Waals surface area contributed by atoms with E-state index in [0.717, 1.165) is 19.7 Å². The van der Waals surface area contributed by atoms with Crippen LogP contribution in [0.15, 0.2) is 18.2 Å². The first-order chi connectivity index (χ1) is 8.68. The van der Waals surface area contributed by atoms with Crippen LogP contribution in [-0.2, 0) is 11.2 Å². The monoisotopic (exact) mass is 248 g/mol. The van der Waals surface area contributed by atoms with Gasteiger partial charge >= 0.3 is 0 Å². The van der Waals surface area contributed by atoms with Crippen LogP contribution in [0.3, 0.4) is 0 Å². The van der Waals surface area contributed by atoms with Gasteiger partial charge in [0.05, 0.1) is 24.1 Å². The lowest BCUT2D eigenvalue weighted by molar-refractivity contribution is 0.0846. The Labute approximate surface area is 110 Å². The van der Waals surface area contributed by atoms with Crippen LogP contribution in [0.25, 0.3) is 0 Å². The summed E-state index contributed by atoms with van der Waals surface area (Å²) in [7, 11) is 2.13. The predicted molar refractivity (Wildman–Crippen MR) is 77.6 cm³/mol. The lowest BCUT2D eigenvalue weighted by Crippen LogP contribution is -2.26. The Morgan fingerprint density at radius 2 is 2.22 bits per heavy atom. The van der Waals surface area contributed by atoms with Gasteiger partial charge in [-0.25, -0.2) is 0 Å². The average molecular weight is 248 g/mol. The number of rotatable bonds is 5. The molecule has 100 valence electrons. The summed E-state index contributed by atoms with van der Waals surface area (Å²) in [6.45, 7) is 6.94. The molecule has 18 heavy (non-hydrogen) atoms. The fourth-order valence-corrected chi connectivity index (χ4v) is 2.36. The van der Waals surface area contributed by atoms with Crippen LogP contribution in [-0.4, -0.2) is 32.8 Å². The van der Waals surface area contributed by atoms with Crippen LogP contribution in [0, 0.1) is 0 Å². The molecule has 2 rings (SSSR count). The van der Waals surface area contributed by atoms with Crippen molar-refractivity contribution in [2.45, 2.75) is 32.8 Å². The number of nitrogens with one attached hydrogen (secondary N) is 1. The van der Waals surface area contributed by atoms with Crippen molar-refractivity contribution in [3.8, 4) is 0 Å². The number of para-hydroxylation sites is 1. The average Bonchev–Trinajstić information content (AvgIpc) is 2.37. The number of nitrogens with zero attached hydrogens (tertiary/aromatic N) is 1. The molecule has 3 nitrogen and oxygen atoms in total. The number of likely N-dealkylation sites (N-methyl/N-ethyl adjacent to an activating group) is 1. The molecule has 1 heterocycles. The first-order valence-electron chi connectivity index (χ1n) is 6.87. The van der Waals surface area contributed by atoms with E-state index in [0.29, 0.717) is 6.10 Å². The van der Waals surface area contributed by atoms with E-state index in [1.165, 1.54) is 29.8 Å². The molecule has 0 aromatic heterocycles. The molecule has 0 radical (unpaired) electrons. The fraction of sp³-hybridized carbons (Fsp3) is 0.600. The molecule has 1 aliphatic rings. The zero-order valence-electron chi connectivity index (χ0n) is 11.7. The quantitative estimate of drug-likeness (QED) is 0.867. The molecule has 1 aliphatic heterocycles. The maximum Gasteiger partial charge on any atom is 0.0644 e. The van der Waals surface area contributed by atoms with Crippen molar-refractivity contribution >= 4 is 11.4 Å². The van der Waals surface area contributed by atoms with Gasteiger partial charge in [-0.05, 0) is 38.3 Å². The molecule has 0 saturated carbocycles. The van der Waals surface area contributed by atoms with Gasteiger partial charge in [0.1, 0.15) is 0 Å². The van der Waals surface area contributed by atoms with Gasteiger partial charge in [0.2, 0.25) is 0 Å². The maximum atomic E-state index is 5.62. The van der Waals surface area contributed by atoms with E-state index in [1.807, 2.05) is 0 Å². The number of ether oxygens (including phenoxy) is 1. The second-order valence-corrected chi connectivity index (χ2v) is 5.18. The van der Waals surface area contributed by atoms with Crippen LogP contribution in [0.2, 0.25) is 0 Å². The van der Waals surface area contributed by atoms with E-state index in [9.17, 15) is 0 Å². The third kappa shape index (κ3) is 3.16. The van der Waals surface area contributed by atoms with Gasteiger partial charge in [-0.3, -0.25) is 0 Å². The van der Waals surface area contributed by atoms with E-state index in [-0.39, 0.29) is 0 Å². The van der Waals surface area contributed by atoms with Crippen molar-refractivity contribution in [3.05, 3.63) is 23.8 Å². The Balaban J connectivity index is 2.03. The van der Waals surface area contributed by atoms with Crippen molar-refractivity contribution < 1.29 is 4.74 Å². The van der Waals surface area contributed by atoms with Gasteiger partial charge in [-0.15, -0.1) is 0 Å². The summed E-state index contributed by atoms with van der Waals surface area (Å²) in [5, 5.41) is 3.53. The summed E-state index contributed by atoms with van der Waals surface area (Å²) >= 11 is 0. The maximum absolute atomic E-state index is 5.62. The van der Waals surface area contributed by atoms with Crippen molar-refractivity contribution in [1.29, 1.82) is 0 Å². The number of hydrogen-bond donors (Lipinski definition) is 1. The van der Waals surface area contributed by atoms with Crippen LogP contribution in [0.4, 0.5) is 11.4 Å². The summed E-state index contributed by atoms with van der Waals surface area (Å²) in [5.74, 6) is 0. The molecule has 0 saturated heterocycles. The van der Waals surface area contributed by atoms with Gasteiger partial charge in [0.15, 0.2) is 0 Å². The van der Waals surface area contributed by atoms with E-state index >= 15 is 0 Å². The van der Waals surface area contributed by atoms with Crippen molar-refractivity contribution in [3.63, 3.8) is 0 Å². The SMILES string of the molecule is CC(C)OCCN(C)c1cccc2c1NCCC2. The lowest BCUT2D eigenvalue weighted by atomic mass is 10.0. The van der Waals surface area contributed by atoms with Crippen molar-refractivity contribution in [2.24, 2.45) is 0 Å². The van der Waals surface area contributed by atoms with Gasteiger partial charge in [-0.2, -0.15) is 0 Å². The van der Waals surface area contributed by atoms with Crippen LogP contribution in [0.5, 0.6) is 0 Å². The van der Waals surface area contributed by atoms with Crippen LogP contribution in [0.1, 0.15) is 25.8 Å². The number of benzene rings is 1. The normalized spacial score (nSPS) is 14.2. The van der Waals surface area contributed by atoms with E-state index < -0.39 is 0 Å². The molecular weight excluding hydrogens is 224 g/mol. The molecule has 0 spiro atoms. The summed E-state index contributed by atoms with van der Waals surface area (Å²) < 4.78 is 5.62. The molecule has 0 fully saturated rings. The third-order valence-electron chi connectivity index (χ3n) is 3.34. The van der Waals surface area contributed by atoms with E-state index in [4.69, 9.17) is 4.74 Å². The van der Waals surface area contributed by atoms with Gasteiger partial charge in [0.25, 0.3) is 0 Å². The topological polar surface area (TPSA) is 24.5 Å². The minimum atomic E-state index is 0.307. The Morgan fingerprint density at radius 1 is 1.39 bits per heavy atom. The minimum absolute atomic E-state index is 0.307. The molecule has 0 aliphatic carbocycles. The second-order valence-electron chi connectivity index (χ2n) is 5.18. The summed E-state index contributed by atoms with van der Waals surface area (Å²) in [5.41, 5.74) is 4.05. The number of anilines is 2. The smallest absolute Gasteiger partial charge is 0.0644 e. The Morgan fingerprint density at radius 3 is 3.00 bits per heavy atom. The predicted octanol–water partition coefficient (Wildman–Crippen LogP) is 2.91. The summed E-state index contributed by atoms with van der Waals surface area (Å²) in [6.07, 6.45) is 2.73. The zero-order valence-corrected chi connectivity index (χ0v) is 11.7. The van der Waals surface area contributed by atoms with Crippen LogP contribution < -0.4 is 10.2 Å². The standard InChI is InChI=1S/C15H24N2O/c1-12(2)18-11-10-17(3)14-8-4-6-13-7-5-9-16-15(13)14/h4,6,8,12,16H,5,7,9-11H2,1-3H3. The fourth-order valence-electron chi connectivity index (χ4n) is 2.36. The van der Waals surface area contributed by atoms with Crippen LogP contribution >= 0.6 is 0 Å². The highest BCUT2D eigenvalue weighted by molar-refractivity contribution is 5.74. The molecule has 1 N–H and O–H groups in total. The lowest BCUT2D eigenvalue weighted by Gasteiger charge is -2.27. The Bertz CT molecular complexity index is 390. The second kappa shape index (κ2) is 6.10. The first kappa shape index (κ1) is 13.2. The molecule has 0 atom stereocenters. The van der Waals surface area contributed by atoms with E-state index in [2.05, 4.69) is 49.3 Å². The minimum Gasteiger partial charge on any atom is -0.383 e. The van der Waals surface area contributed by atoms with Gasteiger partial charge in [0, 0.05) is 20.1 Å². The molecule has 3 heteroatoms. The number of fused-ring (bicyclic) bond motifs is 1. The molecule has 0 unspecified atom stereocenters. The van der Waals surface area contributed by atoms with E-state index in [1.54, 1.807) is 0 Å². The summed E-state index contributed by atoms with van der Waals surface area (Å²) in [4.78, 5) is 2.28. The largest absolute Gasteiger partial charge is 0.383 e. The Kier molecular flexibility index (Phi) is 4.48. The first-order valence-corrected chi connectivity index (χ1v) is 6.87. The Hall–Kier alpha value is -1.22. The highest BCUT2D eigenvalue weighted by Gasteiger charge is 2.14. The van der Waals surface area contributed by atoms with Gasteiger partial charge in [-0.1, -0.05) is 12.1 Å². The molecular formula is C15H24N2O. The zero-order chi connectivity index (χ0) is 13.0. The molecule has 1 aromatic carbocycles. The summed E-state index contributed by atoms with van der Waals surface area (Å²) in [6, 6.07) is 6.57. The van der Waals surface area contributed by atoms with Crippen molar-refractivity contribution in [2.75, 3.05) is 37.0 Å². The highest BCUT2D eigenvalue weighted by Crippen LogP contribution is 2.32. The molecule has 1 aromatic rings. The molecule has 0 bridgehead atoms. The highest BCUT2D eigenvalue weighted by atomic mass is 16.5. The van der Waals surface area contributed by atoms with Crippen molar-refractivity contribution in [1.82, 2.24) is 0 Å². The number of hydrogen-bond acceptors (Lipinski definition) is 3. The number of aryl methyl sites for hydroxylation is 1.